The summed E-state index contributed by atoms with van der Waals surface area (Å²) in [6.07, 6.45) is 3.74. The normalized spacial score (nSPS) is 14.7. The molecule has 1 fully saturated rings. The van der Waals surface area contributed by atoms with E-state index in [9.17, 15) is 9.90 Å². The highest BCUT2D eigenvalue weighted by atomic mass is 16.5. The number of phenols is 1. The highest BCUT2D eigenvalue weighted by Gasteiger charge is 2.22. The molecule has 2 aromatic carbocycles. The first-order valence-corrected chi connectivity index (χ1v) is 9.37. The SMILES string of the molecule is Cc1cc(C)cc(Oc2coc3c(C[NH+]4CCCC4)c(O)ccc3c2=O)c1. The zero-order valence-electron chi connectivity index (χ0n) is 15.7. The first-order valence-electron chi connectivity index (χ1n) is 9.37. The fourth-order valence-electron chi connectivity index (χ4n) is 3.89. The fourth-order valence-corrected chi connectivity index (χ4v) is 3.89. The molecule has 0 aliphatic carbocycles. The van der Waals surface area contributed by atoms with Crippen LogP contribution in [-0.4, -0.2) is 18.2 Å². The van der Waals surface area contributed by atoms with Gasteiger partial charge in [-0.25, -0.2) is 0 Å². The van der Waals surface area contributed by atoms with Gasteiger partial charge in [0, 0.05) is 12.8 Å². The summed E-state index contributed by atoms with van der Waals surface area (Å²) < 4.78 is 11.6. The average molecular weight is 366 g/mol. The lowest BCUT2D eigenvalue weighted by molar-refractivity contribution is -0.901. The topological polar surface area (TPSA) is 64.1 Å². The van der Waals surface area contributed by atoms with Gasteiger partial charge in [-0.1, -0.05) is 6.07 Å². The molecule has 1 aromatic heterocycles. The number of hydrogen-bond donors (Lipinski definition) is 2. The number of phenolic OH excluding ortho intramolecular Hbond substituents is 1. The van der Waals surface area contributed by atoms with Gasteiger partial charge in [-0.15, -0.1) is 0 Å². The third-order valence-electron chi connectivity index (χ3n) is 5.15. The van der Waals surface area contributed by atoms with Crippen molar-refractivity contribution in [3.63, 3.8) is 0 Å². The molecule has 2 heterocycles. The van der Waals surface area contributed by atoms with Crippen molar-refractivity contribution < 1.29 is 19.2 Å². The molecule has 0 spiro atoms. The third kappa shape index (κ3) is 3.55. The molecule has 4 rings (SSSR count). The van der Waals surface area contributed by atoms with E-state index in [0.717, 1.165) is 24.2 Å². The van der Waals surface area contributed by atoms with Crippen LogP contribution in [0.4, 0.5) is 0 Å². The number of hydrogen-bond acceptors (Lipinski definition) is 4. The van der Waals surface area contributed by atoms with Crippen molar-refractivity contribution in [1.82, 2.24) is 0 Å². The summed E-state index contributed by atoms with van der Waals surface area (Å²) in [5.74, 6) is 0.936. The minimum atomic E-state index is -0.229. The average Bonchev–Trinajstić information content (AvgIpc) is 3.12. The molecular weight excluding hydrogens is 342 g/mol. The number of quaternary nitrogens is 1. The molecule has 2 N–H and O–H groups in total. The van der Waals surface area contributed by atoms with Gasteiger partial charge in [0.1, 0.15) is 24.3 Å². The summed E-state index contributed by atoms with van der Waals surface area (Å²) in [7, 11) is 0. The predicted octanol–water partition coefficient (Wildman–Crippen LogP) is 3.09. The zero-order chi connectivity index (χ0) is 19.0. The van der Waals surface area contributed by atoms with E-state index in [1.54, 1.807) is 12.1 Å². The maximum absolute atomic E-state index is 12.9. The molecule has 0 saturated carbocycles. The van der Waals surface area contributed by atoms with Crippen LogP contribution in [0, 0.1) is 13.8 Å². The molecule has 140 valence electrons. The molecule has 1 aliphatic rings. The van der Waals surface area contributed by atoms with Crippen molar-refractivity contribution in [3.8, 4) is 17.2 Å². The summed E-state index contributed by atoms with van der Waals surface area (Å²) >= 11 is 0. The highest BCUT2D eigenvalue weighted by molar-refractivity contribution is 5.82. The molecule has 5 heteroatoms. The predicted molar refractivity (Wildman–Crippen MR) is 104 cm³/mol. The van der Waals surface area contributed by atoms with Gasteiger partial charge in [0.15, 0.2) is 5.58 Å². The Morgan fingerprint density at radius 2 is 1.81 bits per heavy atom. The smallest absolute Gasteiger partial charge is 0.235 e. The molecule has 5 nitrogen and oxygen atoms in total. The number of rotatable bonds is 4. The van der Waals surface area contributed by atoms with Crippen LogP contribution in [-0.2, 0) is 6.54 Å². The van der Waals surface area contributed by atoms with Gasteiger partial charge < -0.3 is 19.2 Å². The van der Waals surface area contributed by atoms with E-state index >= 15 is 0 Å². The van der Waals surface area contributed by atoms with Crippen LogP contribution in [0.2, 0.25) is 0 Å². The number of ether oxygens (including phenoxy) is 1. The van der Waals surface area contributed by atoms with Gasteiger partial charge in [-0.3, -0.25) is 4.79 Å². The van der Waals surface area contributed by atoms with Crippen molar-refractivity contribution in [2.45, 2.75) is 33.2 Å². The number of aromatic hydroxyl groups is 1. The number of benzene rings is 2. The van der Waals surface area contributed by atoms with Gasteiger partial charge >= 0.3 is 0 Å². The van der Waals surface area contributed by atoms with Crippen LogP contribution in [0.25, 0.3) is 11.0 Å². The van der Waals surface area contributed by atoms with Crippen LogP contribution in [0.5, 0.6) is 17.2 Å². The second kappa shape index (κ2) is 7.08. The molecule has 0 radical (unpaired) electrons. The van der Waals surface area contributed by atoms with E-state index < -0.39 is 0 Å². The fraction of sp³-hybridized carbons (Fsp3) is 0.318. The summed E-state index contributed by atoms with van der Waals surface area (Å²) in [4.78, 5) is 14.3. The van der Waals surface area contributed by atoms with E-state index in [1.807, 2.05) is 32.0 Å². The lowest BCUT2D eigenvalue weighted by Crippen LogP contribution is -3.08. The Balaban J connectivity index is 1.73. The standard InChI is InChI=1S/C22H23NO4/c1-14-9-15(2)11-16(10-14)27-20-13-26-22-17(21(20)25)5-6-19(24)18(22)12-23-7-3-4-8-23/h5-6,9-11,13,24H,3-4,7-8,12H2,1-2H3/p+1. The third-order valence-corrected chi connectivity index (χ3v) is 5.15. The van der Waals surface area contributed by atoms with Gasteiger partial charge in [-0.2, -0.15) is 0 Å². The number of likely N-dealkylation sites (tertiary alicyclic amines) is 1. The number of nitrogens with one attached hydrogen (secondary N) is 1. The Hall–Kier alpha value is -2.79. The van der Waals surface area contributed by atoms with Crippen molar-refractivity contribution in [1.29, 1.82) is 0 Å². The maximum atomic E-state index is 12.9. The Morgan fingerprint density at radius 3 is 2.52 bits per heavy atom. The van der Waals surface area contributed by atoms with Gasteiger partial charge in [-0.05, 0) is 49.2 Å². The first-order chi connectivity index (χ1) is 13.0. The van der Waals surface area contributed by atoms with E-state index in [0.29, 0.717) is 28.8 Å². The second-order valence-electron chi connectivity index (χ2n) is 7.43. The van der Waals surface area contributed by atoms with Gasteiger partial charge in [0.2, 0.25) is 11.2 Å². The van der Waals surface area contributed by atoms with E-state index in [2.05, 4.69) is 0 Å². The lowest BCUT2D eigenvalue weighted by Gasteiger charge is -2.14. The van der Waals surface area contributed by atoms with Crippen molar-refractivity contribution >= 4 is 11.0 Å². The Morgan fingerprint density at radius 1 is 1.11 bits per heavy atom. The van der Waals surface area contributed by atoms with Crippen LogP contribution in [0.3, 0.4) is 0 Å². The summed E-state index contributed by atoms with van der Waals surface area (Å²) in [5, 5.41) is 10.8. The van der Waals surface area contributed by atoms with Gasteiger partial charge in [0.25, 0.3) is 0 Å². The molecule has 0 amide bonds. The first kappa shape index (κ1) is 17.6. The number of aryl methyl sites for hydroxylation is 2. The van der Waals surface area contributed by atoms with Crippen LogP contribution in [0.15, 0.2) is 45.8 Å². The van der Waals surface area contributed by atoms with E-state index in [1.165, 1.54) is 24.0 Å². The molecule has 1 aliphatic heterocycles. The zero-order valence-corrected chi connectivity index (χ0v) is 15.7. The Bertz CT molecular complexity index is 1030. The van der Waals surface area contributed by atoms with Crippen LogP contribution >= 0.6 is 0 Å². The van der Waals surface area contributed by atoms with Crippen molar-refractivity contribution in [2.24, 2.45) is 0 Å². The Kier molecular flexibility index (Phi) is 4.62. The van der Waals surface area contributed by atoms with Gasteiger partial charge in [0.05, 0.1) is 24.0 Å². The molecule has 0 bridgehead atoms. The molecule has 3 aromatic rings. The van der Waals surface area contributed by atoms with Crippen LogP contribution in [0.1, 0.15) is 29.5 Å². The molecular formula is C22H24NO4+. The second-order valence-corrected chi connectivity index (χ2v) is 7.43. The summed E-state index contributed by atoms with van der Waals surface area (Å²) in [6, 6.07) is 9.00. The van der Waals surface area contributed by atoms with Crippen molar-refractivity contribution in [3.05, 3.63) is 63.5 Å². The maximum Gasteiger partial charge on any atom is 0.235 e. The van der Waals surface area contributed by atoms with Crippen LogP contribution < -0.4 is 15.1 Å². The largest absolute Gasteiger partial charge is 0.507 e. The highest BCUT2D eigenvalue weighted by Crippen LogP contribution is 2.28. The van der Waals surface area contributed by atoms with Crippen molar-refractivity contribution in [2.75, 3.05) is 13.1 Å². The van der Waals surface area contributed by atoms with E-state index in [-0.39, 0.29) is 16.9 Å². The Labute approximate surface area is 157 Å². The minimum absolute atomic E-state index is 0.151. The number of fused-ring (bicyclic) bond motifs is 1. The lowest BCUT2D eigenvalue weighted by atomic mass is 10.1. The summed E-state index contributed by atoms with van der Waals surface area (Å²) in [5.41, 5.74) is 3.05. The van der Waals surface area contributed by atoms with E-state index in [4.69, 9.17) is 9.15 Å². The molecule has 0 atom stereocenters. The quantitative estimate of drug-likeness (QED) is 0.745. The molecule has 27 heavy (non-hydrogen) atoms. The molecule has 0 unspecified atom stereocenters. The monoisotopic (exact) mass is 366 g/mol. The molecule has 1 saturated heterocycles. The summed E-state index contributed by atoms with van der Waals surface area (Å²) in [6.45, 7) is 6.78. The minimum Gasteiger partial charge on any atom is -0.507 e.